The second-order valence-electron chi connectivity index (χ2n) is 10.0. The van der Waals surface area contributed by atoms with Crippen molar-refractivity contribution in [3.8, 4) is 51.2 Å². The van der Waals surface area contributed by atoms with Gasteiger partial charge in [0.1, 0.15) is 23.1 Å². The number of rotatable bonds is 10. The molecule has 2 heterocycles. The molecule has 0 spiro atoms. The van der Waals surface area contributed by atoms with Crippen LogP contribution in [0.2, 0.25) is 5.02 Å². The number of aromatic nitrogens is 2. The van der Waals surface area contributed by atoms with Crippen LogP contribution in [-0.4, -0.2) is 55.3 Å². The molecule has 39 heavy (non-hydrogen) atoms. The Hall–Kier alpha value is -3.48. The molecule has 204 valence electrons. The largest absolute Gasteiger partial charge is 0.497 e. The zero-order chi connectivity index (χ0) is 27.2. The highest BCUT2D eigenvalue weighted by molar-refractivity contribution is 6.33. The van der Waals surface area contributed by atoms with E-state index >= 15 is 0 Å². The normalized spacial score (nSPS) is 15.7. The SMILES string of the molecule is COc1cccc(-c2nc(-c3ccc(OCCCC4CCCCN4C)cc3Cl)[nH]c2-c2cccc(OC)c2)c1. The first-order valence-electron chi connectivity index (χ1n) is 13.6. The van der Waals surface area contributed by atoms with Crippen LogP contribution in [-0.2, 0) is 0 Å². The summed E-state index contributed by atoms with van der Waals surface area (Å²) in [5.74, 6) is 2.99. The number of hydrogen-bond acceptors (Lipinski definition) is 5. The van der Waals surface area contributed by atoms with Crippen molar-refractivity contribution in [3.63, 3.8) is 0 Å². The highest BCUT2D eigenvalue weighted by Crippen LogP contribution is 2.38. The van der Waals surface area contributed by atoms with Crippen LogP contribution in [0, 0.1) is 0 Å². The van der Waals surface area contributed by atoms with E-state index in [9.17, 15) is 0 Å². The number of halogens is 1. The van der Waals surface area contributed by atoms with Crippen LogP contribution in [0.3, 0.4) is 0 Å². The average molecular weight is 546 g/mol. The number of likely N-dealkylation sites (tertiary alicyclic amines) is 1. The van der Waals surface area contributed by atoms with Crippen LogP contribution < -0.4 is 14.2 Å². The van der Waals surface area contributed by atoms with Crippen LogP contribution in [0.1, 0.15) is 32.1 Å². The maximum atomic E-state index is 6.78. The van der Waals surface area contributed by atoms with Crippen LogP contribution in [0.25, 0.3) is 33.9 Å². The number of imidazole rings is 1. The summed E-state index contributed by atoms with van der Waals surface area (Å²) < 4.78 is 17.0. The van der Waals surface area contributed by atoms with E-state index < -0.39 is 0 Å². The van der Waals surface area contributed by atoms with Crippen molar-refractivity contribution in [1.29, 1.82) is 0 Å². The van der Waals surface area contributed by atoms with E-state index in [0.29, 0.717) is 23.5 Å². The van der Waals surface area contributed by atoms with Gasteiger partial charge in [-0.3, -0.25) is 0 Å². The summed E-state index contributed by atoms with van der Waals surface area (Å²) in [6.45, 7) is 1.88. The quantitative estimate of drug-likeness (QED) is 0.207. The summed E-state index contributed by atoms with van der Waals surface area (Å²) in [6.07, 6.45) is 6.12. The zero-order valence-electron chi connectivity index (χ0n) is 22.9. The number of hydrogen-bond donors (Lipinski definition) is 1. The van der Waals surface area contributed by atoms with Crippen molar-refractivity contribution >= 4 is 11.6 Å². The van der Waals surface area contributed by atoms with Gasteiger partial charge in [-0.15, -0.1) is 0 Å². The molecule has 0 amide bonds. The molecule has 1 N–H and O–H groups in total. The molecular weight excluding hydrogens is 510 g/mol. The highest BCUT2D eigenvalue weighted by atomic mass is 35.5. The van der Waals surface area contributed by atoms with Gasteiger partial charge in [0.2, 0.25) is 0 Å². The minimum Gasteiger partial charge on any atom is -0.497 e. The molecule has 1 saturated heterocycles. The topological polar surface area (TPSA) is 59.6 Å². The highest BCUT2D eigenvalue weighted by Gasteiger charge is 2.19. The molecule has 3 aromatic carbocycles. The van der Waals surface area contributed by atoms with Crippen molar-refractivity contribution in [1.82, 2.24) is 14.9 Å². The molecule has 5 rings (SSSR count). The summed E-state index contributed by atoms with van der Waals surface area (Å²) in [4.78, 5) is 11.0. The first-order valence-corrected chi connectivity index (χ1v) is 14.0. The molecule has 4 aromatic rings. The van der Waals surface area contributed by atoms with Gasteiger partial charge in [0.05, 0.1) is 37.2 Å². The lowest BCUT2D eigenvalue weighted by molar-refractivity contribution is 0.165. The Morgan fingerprint density at radius 3 is 2.38 bits per heavy atom. The number of piperidine rings is 1. The van der Waals surface area contributed by atoms with Gasteiger partial charge >= 0.3 is 0 Å². The van der Waals surface area contributed by atoms with Gasteiger partial charge in [0, 0.05) is 22.7 Å². The van der Waals surface area contributed by atoms with Crippen molar-refractivity contribution in [2.75, 3.05) is 34.4 Å². The predicted octanol–water partition coefficient (Wildman–Crippen LogP) is 7.72. The molecule has 0 bridgehead atoms. The van der Waals surface area contributed by atoms with Crippen molar-refractivity contribution in [2.24, 2.45) is 0 Å². The first-order chi connectivity index (χ1) is 19.1. The fourth-order valence-electron chi connectivity index (χ4n) is 5.26. The monoisotopic (exact) mass is 545 g/mol. The van der Waals surface area contributed by atoms with Crippen molar-refractivity contribution in [3.05, 3.63) is 71.8 Å². The third kappa shape index (κ3) is 6.40. The smallest absolute Gasteiger partial charge is 0.140 e. The van der Waals surface area contributed by atoms with Crippen LogP contribution in [0.15, 0.2) is 66.7 Å². The summed E-state index contributed by atoms with van der Waals surface area (Å²) in [5, 5.41) is 0.586. The Labute approximate surface area is 235 Å². The minimum absolute atomic E-state index is 0.586. The predicted molar refractivity (Wildman–Crippen MR) is 158 cm³/mol. The maximum Gasteiger partial charge on any atom is 0.140 e. The number of ether oxygens (including phenoxy) is 3. The number of nitrogens with zero attached hydrogens (tertiary/aromatic N) is 2. The Morgan fingerprint density at radius 1 is 0.923 bits per heavy atom. The molecular formula is C32H36ClN3O3. The Bertz CT molecular complexity index is 1340. The Morgan fingerprint density at radius 2 is 1.67 bits per heavy atom. The molecule has 0 saturated carbocycles. The number of H-pyrrole nitrogens is 1. The standard InChI is InChI=1S/C32H36ClN3O3/c1-36-17-5-4-11-24(36)12-8-18-39-27-15-16-28(29(33)21-27)32-34-30(22-9-6-13-25(19-22)37-2)31(35-32)23-10-7-14-26(20-23)38-3/h6-7,9-10,13-16,19-21,24H,4-5,8,11-12,17-18H2,1-3H3,(H,34,35). The van der Waals surface area contributed by atoms with Crippen LogP contribution in [0.4, 0.5) is 0 Å². The van der Waals surface area contributed by atoms with Gasteiger partial charge in [-0.05, 0) is 81.7 Å². The lowest BCUT2D eigenvalue weighted by Crippen LogP contribution is -2.36. The van der Waals surface area contributed by atoms with Gasteiger partial charge in [-0.2, -0.15) is 0 Å². The maximum absolute atomic E-state index is 6.78. The second-order valence-corrected chi connectivity index (χ2v) is 10.4. The zero-order valence-corrected chi connectivity index (χ0v) is 23.6. The first kappa shape index (κ1) is 27.1. The summed E-state index contributed by atoms with van der Waals surface area (Å²) in [6, 6.07) is 22.3. The Kier molecular flexibility index (Phi) is 8.74. The van der Waals surface area contributed by atoms with E-state index in [1.807, 2.05) is 66.7 Å². The van der Waals surface area contributed by atoms with Crippen LogP contribution >= 0.6 is 11.6 Å². The summed E-state index contributed by atoms with van der Waals surface area (Å²) in [7, 11) is 5.56. The molecule has 0 radical (unpaired) electrons. The van der Waals surface area contributed by atoms with E-state index in [-0.39, 0.29) is 0 Å². The van der Waals surface area contributed by atoms with Crippen molar-refractivity contribution < 1.29 is 14.2 Å². The molecule has 1 aliphatic rings. The second kappa shape index (κ2) is 12.6. The fourth-order valence-corrected chi connectivity index (χ4v) is 5.52. The lowest BCUT2D eigenvalue weighted by atomic mass is 9.99. The minimum atomic E-state index is 0.586. The molecule has 1 unspecified atom stereocenters. The van der Waals surface area contributed by atoms with Crippen LogP contribution in [0.5, 0.6) is 17.2 Å². The third-order valence-corrected chi connectivity index (χ3v) is 7.79. The van der Waals surface area contributed by atoms with Gasteiger partial charge < -0.3 is 24.1 Å². The average Bonchev–Trinajstić information content (AvgIpc) is 3.41. The number of nitrogens with one attached hydrogen (secondary N) is 1. The molecule has 1 aromatic heterocycles. The fraction of sp³-hybridized carbons (Fsp3) is 0.344. The van der Waals surface area contributed by atoms with Crippen molar-refractivity contribution in [2.45, 2.75) is 38.1 Å². The van der Waals surface area contributed by atoms with Gasteiger partial charge in [-0.25, -0.2) is 4.98 Å². The molecule has 1 atom stereocenters. The lowest BCUT2D eigenvalue weighted by Gasteiger charge is -2.32. The van der Waals surface area contributed by atoms with Gasteiger partial charge in [-0.1, -0.05) is 42.3 Å². The molecule has 1 aliphatic heterocycles. The number of benzene rings is 3. The molecule has 0 aliphatic carbocycles. The molecule has 7 heteroatoms. The van der Waals surface area contributed by atoms with E-state index in [1.165, 1.54) is 25.8 Å². The molecule has 1 fully saturated rings. The van der Waals surface area contributed by atoms with E-state index in [0.717, 1.165) is 58.2 Å². The summed E-state index contributed by atoms with van der Waals surface area (Å²) in [5.41, 5.74) is 4.40. The summed E-state index contributed by atoms with van der Waals surface area (Å²) >= 11 is 6.78. The van der Waals surface area contributed by atoms with Gasteiger partial charge in [0.15, 0.2) is 0 Å². The van der Waals surface area contributed by atoms with E-state index in [2.05, 4.69) is 16.9 Å². The van der Waals surface area contributed by atoms with Gasteiger partial charge in [0.25, 0.3) is 0 Å². The number of aromatic amines is 1. The van der Waals surface area contributed by atoms with E-state index in [1.54, 1.807) is 14.2 Å². The third-order valence-electron chi connectivity index (χ3n) is 7.47. The van der Waals surface area contributed by atoms with E-state index in [4.69, 9.17) is 30.8 Å². The molecule has 6 nitrogen and oxygen atoms in total. The number of methoxy groups -OCH3 is 2. The Balaban J connectivity index is 1.38.